The summed E-state index contributed by atoms with van der Waals surface area (Å²) in [5.41, 5.74) is 0.677. The van der Waals surface area contributed by atoms with Gasteiger partial charge in [-0.05, 0) is 25.3 Å². The molecule has 1 aromatic carbocycles. The van der Waals surface area contributed by atoms with Crippen LogP contribution in [0.15, 0.2) is 30.3 Å². The maximum absolute atomic E-state index is 10.1. The summed E-state index contributed by atoms with van der Waals surface area (Å²) >= 11 is 0. The van der Waals surface area contributed by atoms with Gasteiger partial charge in [0.1, 0.15) is 0 Å². The zero-order valence-electron chi connectivity index (χ0n) is 9.86. The van der Waals surface area contributed by atoms with Crippen molar-refractivity contribution in [2.75, 3.05) is 6.61 Å². The van der Waals surface area contributed by atoms with E-state index in [1.807, 2.05) is 25.1 Å². The molecule has 1 aliphatic rings. The number of hydrogen-bond donors (Lipinski definition) is 1. The van der Waals surface area contributed by atoms with Gasteiger partial charge in [-0.25, -0.2) is 0 Å². The Morgan fingerprint density at radius 3 is 2.75 bits per heavy atom. The zero-order chi connectivity index (χ0) is 11.4. The van der Waals surface area contributed by atoms with Crippen LogP contribution < -0.4 is 0 Å². The molecule has 1 N–H and O–H groups in total. The summed E-state index contributed by atoms with van der Waals surface area (Å²) in [6.07, 6.45) is 3.11. The molecule has 16 heavy (non-hydrogen) atoms. The predicted molar refractivity (Wildman–Crippen MR) is 64.1 cm³/mol. The van der Waals surface area contributed by atoms with E-state index in [0.717, 1.165) is 19.3 Å². The van der Waals surface area contributed by atoms with Gasteiger partial charge in [-0.15, -0.1) is 0 Å². The van der Waals surface area contributed by atoms with Crippen LogP contribution in [0, 0.1) is 5.92 Å². The van der Waals surface area contributed by atoms with Crippen molar-refractivity contribution in [1.29, 1.82) is 0 Å². The van der Waals surface area contributed by atoms with Crippen molar-refractivity contribution in [3.05, 3.63) is 35.9 Å². The minimum absolute atomic E-state index is 0.302. The smallest absolute Gasteiger partial charge is 0.0717 e. The molecule has 0 saturated heterocycles. The molecule has 2 heteroatoms. The Labute approximate surface area is 97.3 Å². The lowest BCUT2D eigenvalue weighted by Crippen LogP contribution is -2.32. The van der Waals surface area contributed by atoms with Crippen molar-refractivity contribution in [3.8, 4) is 0 Å². The van der Waals surface area contributed by atoms with Gasteiger partial charge < -0.3 is 9.84 Å². The highest BCUT2D eigenvalue weighted by Gasteiger charge is 2.36. The van der Waals surface area contributed by atoms with Crippen LogP contribution in [0.2, 0.25) is 0 Å². The van der Waals surface area contributed by atoms with Crippen molar-refractivity contribution in [2.45, 2.75) is 38.4 Å². The van der Waals surface area contributed by atoms with E-state index in [1.54, 1.807) is 0 Å². The van der Waals surface area contributed by atoms with Gasteiger partial charge in [-0.2, -0.15) is 0 Å². The van der Waals surface area contributed by atoms with Crippen molar-refractivity contribution in [2.24, 2.45) is 5.92 Å². The van der Waals surface area contributed by atoms with Gasteiger partial charge in [0.15, 0.2) is 0 Å². The first-order valence-corrected chi connectivity index (χ1v) is 6.02. The van der Waals surface area contributed by atoms with E-state index in [-0.39, 0.29) is 0 Å². The number of ether oxygens (including phenoxy) is 1. The minimum atomic E-state index is -0.517. The largest absolute Gasteiger partial charge is 0.390 e. The van der Waals surface area contributed by atoms with Crippen LogP contribution in [-0.4, -0.2) is 17.3 Å². The molecular weight excluding hydrogens is 200 g/mol. The fourth-order valence-corrected chi connectivity index (χ4v) is 2.38. The first-order valence-electron chi connectivity index (χ1n) is 6.02. The van der Waals surface area contributed by atoms with Crippen molar-refractivity contribution in [1.82, 2.24) is 0 Å². The Balaban J connectivity index is 1.76. The van der Waals surface area contributed by atoms with Gasteiger partial charge >= 0.3 is 0 Å². The summed E-state index contributed by atoms with van der Waals surface area (Å²) in [7, 11) is 0. The fraction of sp³-hybridized carbons (Fsp3) is 0.571. The van der Waals surface area contributed by atoms with Gasteiger partial charge in [0, 0.05) is 5.92 Å². The van der Waals surface area contributed by atoms with E-state index in [4.69, 9.17) is 4.74 Å². The number of hydrogen-bond acceptors (Lipinski definition) is 2. The summed E-state index contributed by atoms with van der Waals surface area (Å²) in [5.74, 6) is 0.302. The predicted octanol–water partition coefficient (Wildman–Crippen LogP) is 2.75. The molecule has 0 aliphatic heterocycles. The van der Waals surface area contributed by atoms with E-state index >= 15 is 0 Å². The number of rotatable bonds is 4. The van der Waals surface area contributed by atoms with Gasteiger partial charge in [0.2, 0.25) is 0 Å². The third-order valence-corrected chi connectivity index (χ3v) is 3.55. The Kier molecular flexibility index (Phi) is 3.62. The molecule has 2 atom stereocenters. The number of aliphatic hydroxyl groups is 1. The molecule has 88 valence electrons. The highest BCUT2D eigenvalue weighted by Crippen LogP contribution is 2.35. The topological polar surface area (TPSA) is 29.5 Å². The molecule has 0 amide bonds. The monoisotopic (exact) mass is 220 g/mol. The molecule has 0 bridgehead atoms. The molecular formula is C14H20O2. The van der Waals surface area contributed by atoms with Gasteiger partial charge in [-0.3, -0.25) is 0 Å². The van der Waals surface area contributed by atoms with Crippen LogP contribution in [0.25, 0.3) is 0 Å². The van der Waals surface area contributed by atoms with E-state index in [0.29, 0.717) is 19.1 Å². The molecule has 2 nitrogen and oxygen atoms in total. The van der Waals surface area contributed by atoms with Crippen LogP contribution in [0.3, 0.4) is 0 Å². The summed E-state index contributed by atoms with van der Waals surface area (Å²) in [5, 5.41) is 10.1. The van der Waals surface area contributed by atoms with Crippen LogP contribution in [0.4, 0.5) is 0 Å². The van der Waals surface area contributed by atoms with Gasteiger partial charge in [0.05, 0.1) is 18.8 Å². The van der Waals surface area contributed by atoms with E-state index < -0.39 is 5.60 Å². The first-order chi connectivity index (χ1) is 7.68. The standard InChI is InChI=1S/C14H20O2/c1-14(15)9-5-8-13(14)11-16-10-12-6-3-2-4-7-12/h2-4,6-7,13,15H,5,8-11H2,1H3. The average molecular weight is 220 g/mol. The normalized spacial score (nSPS) is 29.5. The molecule has 0 heterocycles. The van der Waals surface area contributed by atoms with Crippen LogP contribution in [0.1, 0.15) is 31.7 Å². The maximum atomic E-state index is 10.1. The van der Waals surface area contributed by atoms with E-state index in [9.17, 15) is 5.11 Å². The third kappa shape index (κ3) is 2.83. The van der Waals surface area contributed by atoms with Crippen LogP contribution in [-0.2, 0) is 11.3 Å². The molecule has 2 unspecified atom stereocenters. The summed E-state index contributed by atoms with van der Waals surface area (Å²) in [6, 6.07) is 10.2. The lowest BCUT2D eigenvalue weighted by molar-refractivity contribution is -0.0258. The highest BCUT2D eigenvalue weighted by molar-refractivity contribution is 5.13. The molecule has 2 rings (SSSR count). The third-order valence-electron chi connectivity index (χ3n) is 3.55. The van der Waals surface area contributed by atoms with Crippen molar-refractivity contribution in [3.63, 3.8) is 0 Å². The Hall–Kier alpha value is -0.860. The quantitative estimate of drug-likeness (QED) is 0.845. The molecule has 1 aliphatic carbocycles. The van der Waals surface area contributed by atoms with Crippen LogP contribution >= 0.6 is 0 Å². The van der Waals surface area contributed by atoms with E-state index in [1.165, 1.54) is 5.56 Å². The SMILES string of the molecule is CC1(O)CCCC1COCc1ccccc1. The Morgan fingerprint density at radius 1 is 1.38 bits per heavy atom. The first kappa shape index (κ1) is 11.6. The van der Waals surface area contributed by atoms with Gasteiger partial charge in [-0.1, -0.05) is 36.8 Å². The second kappa shape index (κ2) is 4.98. The Bertz CT molecular complexity index is 319. The number of benzene rings is 1. The molecule has 0 aromatic heterocycles. The fourth-order valence-electron chi connectivity index (χ4n) is 2.38. The molecule has 1 fully saturated rings. The molecule has 0 radical (unpaired) electrons. The van der Waals surface area contributed by atoms with Crippen molar-refractivity contribution >= 4 is 0 Å². The molecule has 0 spiro atoms. The van der Waals surface area contributed by atoms with Crippen LogP contribution in [0.5, 0.6) is 0 Å². The highest BCUT2D eigenvalue weighted by atomic mass is 16.5. The summed E-state index contributed by atoms with van der Waals surface area (Å²) < 4.78 is 5.68. The minimum Gasteiger partial charge on any atom is -0.390 e. The maximum Gasteiger partial charge on any atom is 0.0717 e. The zero-order valence-corrected chi connectivity index (χ0v) is 9.86. The molecule has 1 aromatic rings. The van der Waals surface area contributed by atoms with Crippen molar-refractivity contribution < 1.29 is 9.84 Å². The second-order valence-corrected chi connectivity index (χ2v) is 4.95. The van der Waals surface area contributed by atoms with Gasteiger partial charge in [0.25, 0.3) is 0 Å². The Morgan fingerprint density at radius 2 is 2.12 bits per heavy atom. The second-order valence-electron chi connectivity index (χ2n) is 4.95. The molecule has 1 saturated carbocycles. The van der Waals surface area contributed by atoms with E-state index in [2.05, 4.69) is 12.1 Å². The average Bonchev–Trinajstić information content (AvgIpc) is 2.60. The summed E-state index contributed by atoms with van der Waals surface area (Å²) in [4.78, 5) is 0. The summed E-state index contributed by atoms with van der Waals surface area (Å²) in [6.45, 7) is 3.24. The lowest BCUT2D eigenvalue weighted by atomic mass is 9.94. The lowest BCUT2D eigenvalue weighted by Gasteiger charge is -2.25.